The molecule has 1 atom stereocenters. The van der Waals surface area contributed by atoms with Gasteiger partial charge in [-0.2, -0.15) is 0 Å². The number of nitrogens with one attached hydrogen (secondary N) is 1. The second kappa shape index (κ2) is 6.38. The normalized spacial score (nSPS) is 13.0. The van der Waals surface area contributed by atoms with E-state index in [4.69, 9.17) is 4.74 Å². The summed E-state index contributed by atoms with van der Waals surface area (Å²) < 4.78 is 20.7. The fourth-order valence-electron chi connectivity index (χ4n) is 2.15. The van der Waals surface area contributed by atoms with Crippen molar-refractivity contribution in [3.8, 4) is 5.75 Å². The number of benzene rings is 1. The van der Waals surface area contributed by atoms with Crippen LogP contribution in [-0.2, 0) is 0 Å². The van der Waals surface area contributed by atoms with Crippen molar-refractivity contribution in [1.29, 1.82) is 0 Å². The van der Waals surface area contributed by atoms with E-state index in [1.54, 1.807) is 30.3 Å². The Hall–Kier alpha value is -2.77. The van der Waals surface area contributed by atoms with Crippen LogP contribution < -0.4 is 10.1 Å². The first-order chi connectivity index (χ1) is 11.4. The van der Waals surface area contributed by atoms with Gasteiger partial charge < -0.3 is 10.1 Å². The van der Waals surface area contributed by atoms with Crippen molar-refractivity contribution < 1.29 is 9.13 Å². The van der Waals surface area contributed by atoms with Gasteiger partial charge in [-0.25, -0.2) is 4.39 Å². The molecule has 0 fully saturated rings. The van der Waals surface area contributed by atoms with Crippen LogP contribution in [0.2, 0.25) is 0 Å². The highest BCUT2D eigenvalue weighted by Crippen LogP contribution is 2.24. The summed E-state index contributed by atoms with van der Waals surface area (Å²) >= 11 is 0. The molecule has 1 N–H and O–H groups in total. The van der Waals surface area contributed by atoms with Crippen molar-refractivity contribution in [3.05, 3.63) is 42.2 Å². The Balaban J connectivity index is 1.75. The number of para-hydroxylation sites is 1. The Kier molecular flexibility index (Phi) is 4.28. The number of fused-ring (bicyclic) bond motifs is 1. The quantitative estimate of drug-likeness (QED) is 0.775. The molecular weight excluding hydrogens is 311 g/mol. The fourth-order valence-corrected chi connectivity index (χ4v) is 2.15. The van der Waals surface area contributed by atoms with Crippen LogP contribution in [0.25, 0.3) is 5.65 Å². The monoisotopic (exact) mass is 330 g/mol. The molecule has 2 aromatic heterocycles. The van der Waals surface area contributed by atoms with E-state index in [0.29, 0.717) is 18.1 Å². The molecule has 0 radical (unpaired) electrons. The molecule has 0 saturated heterocycles. The molecule has 7 nitrogen and oxygen atoms in total. The van der Waals surface area contributed by atoms with E-state index < -0.39 is 0 Å². The minimum absolute atomic E-state index is 0.0986. The molecule has 0 saturated carbocycles. The molecule has 0 aliphatic carbocycles. The molecule has 0 spiro atoms. The standard InChI is InChI=1S/C16H19FN6O/c1-16(2,3)13(10-24-12-7-5-4-6-11(12)17)18-14-8-9-15-19-21-22-23(15)20-14/h4-9,13H,10H2,1-3H3,(H,18,20)/t13-/m0/s1. The summed E-state index contributed by atoms with van der Waals surface area (Å²) in [6.45, 7) is 6.51. The third kappa shape index (κ3) is 3.58. The predicted molar refractivity (Wildman–Crippen MR) is 87.3 cm³/mol. The van der Waals surface area contributed by atoms with Crippen molar-refractivity contribution in [2.75, 3.05) is 11.9 Å². The molecule has 0 aliphatic heterocycles. The van der Waals surface area contributed by atoms with Crippen molar-refractivity contribution in [1.82, 2.24) is 25.3 Å². The van der Waals surface area contributed by atoms with Crippen LogP contribution in [0.15, 0.2) is 36.4 Å². The van der Waals surface area contributed by atoms with E-state index >= 15 is 0 Å². The van der Waals surface area contributed by atoms with E-state index in [1.807, 2.05) is 0 Å². The number of halogens is 1. The molecule has 24 heavy (non-hydrogen) atoms. The van der Waals surface area contributed by atoms with E-state index in [1.165, 1.54) is 10.7 Å². The summed E-state index contributed by atoms with van der Waals surface area (Å²) in [5, 5.41) is 18.8. The second-order valence-corrected chi connectivity index (χ2v) is 6.55. The Labute approximate surface area is 138 Å². The summed E-state index contributed by atoms with van der Waals surface area (Å²) in [5.74, 6) is 0.475. The first-order valence-electron chi connectivity index (χ1n) is 7.63. The number of aromatic nitrogens is 5. The molecule has 0 amide bonds. The van der Waals surface area contributed by atoms with Gasteiger partial charge in [0.25, 0.3) is 0 Å². The van der Waals surface area contributed by atoms with Gasteiger partial charge in [-0.1, -0.05) is 32.9 Å². The largest absolute Gasteiger partial charge is 0.488 e. The van der Waals surface area contributed by atoms with Gasteiger partial charge in [0.05, 0.1) is 6.04 Å². The molecule has 0 aliphatic rings. The summed E-state index contributed by atoms with van der Waals surface area (Å²) in [6.07, 6.45) is 0. The summed E-state index contributed by atoms with van der Waals surface area (Å²) in [5.41, 5.74) is 0.429. The summed E-state index contributed by atoms with van der Waals surface area (Å²) in [7, 11) is 0. The van der Waals surface area contributed by atoms with Gasteiger partial charge in [0.1, 0.15) is 12.4 Å². The molecule has 2 heterocycles. The minimum atomic E-state index is -0.376. The second-order valence-electron chi connectivity index (χ2n) is 6.55. The van der Waals surface area contributed by atoms with Crippen molar-refractivity contribution in [2.24, 2.45) is 5.41 Å². The van der Waals surface area contributed by atoms with E-state index in [-0.39, 0.29) is 23.0 Å². The zero-order chi connectivity index (χ0) is 17.2. The van der Waals surface area contributed by atoms with Gasteiger partial charge in [0, 0.05) is 0 Å². The van der Waals surface area contributed by atoms with Crippen molar-refractivity contribution in [3.63, 3.8) is 0 Å². The number of nitrogens with zero attached hydrogens (tertiary/aromatic N) is 5. The fraction of sp³-hybridized carbons (Fsp3) is 0.375. The molecule has 8 heteroatoms. The average molecular weight is 330 g/mol. The Morgan fingerprint density at radius 2 is 2.00 bits per heavy atom. The molecule has 126 valence electrons. The maximum atomic E-state index is 13.7. The number of tetrazole rings is 1. The predicted octanol–water partition coefficient (Wildman–Crippen LogP) is 2.56. The van der Waals surface area contributed by atoms with E-state index in [0.717, 1.165) is 0 Å². The SMILES string of the molecule is CC(C)(C)[C@H](COc1ccccc1F)Nc1ccc2nnnn2n1. The highest BCUT2D eigenvalue weighted by Gasteiger charge is 2.26. The van der Waals surface area contributed by atoms with Crippen LogP contribution in [0.1, 0.15) is 20.8 Å². The zero-order valence-corrected chi connectivity index (χ0v) is 13.8. The zero-order valence-electron chi connectivity index (χ0n) is 13.8. The maximum Gasteiger partial charge on any atom is 0.200 e. The average Bonchev–Trinajstić information content (AvgIpc) is 2.99. The van der Waals surface area contributed by atoms with E-state index in [9.17, 15) is 4.39 Å². The van der Waals surface area contributed by atoms with Crippen LogP contribution in [0.3, 0.4) is 0 Å². The molecule has 3 rings (SSSR count). The first-order valence-corrected chi connectivity index (χ1v) is 7.63. The summed E-state index contributed by atoms with van der Waals surface area (Å²) in [4.78, 5) is 0. The number of hydrogen-bond acceptors (Lipinski definition) is 6. The van der Waals surface area contributed by atoms with Crippen LogP contribution in [0.5, 0.6) is 5.75 Å². The van der Waals surface area contributed by atoms with Crippen LogP contribution in [0, 0.1) is 11.2 Å². The van der Waals surface area contributed by atoms with Gasteiger partial charge in [-0.15, -0.1) is 14.8 Å². The molecular formula is C16H19FN6O. The highest BCUT2D eigenvalue weighted by molar-refractivity contribution is 5.43. The number of rotatable bonds is 5. The van der Waals surface area contributed by atoms with E-state index in [2.05, 4.69) is 46.7 Å². The minimum Gasteiger partial charge on any atom is -0.488 e. The van der Waals surface area contributed by atoms with Gasteiger partial charge >= 0.3 is 0 Å². The van der Waals surface area contributed by atoms with Crippen LogP contribution >= 0.6 is 0 Å². The Bertz CT molecular complexity index is 829. The third-order valence-corrected chi connectivity index (χ3v) is 3.68. The lowest BCUT2D eigenvalue weighted by Crippen LogP contribution is -2.39. The first kappa shape index (κ1) is 16.1. The molecule has 0 bridgehead atoms. The Morgan fingerprint density at radius 3 is 2.75 bits per heavy atom. The number of ether oxygens (including phenoxy) is 1. The number of hydrogen-bond donors (Lipinski definition) is 1. The van der Waals surface area contributed by atoms with Crippen molar-refractivity contribution >= 4 is 11.5 Å². The van der Waals surface area contributed by atoms with Gasteiger partial charge in [0.2, 0.25) is 0 Å². The molecule has 1 aromatic carbocycles. The summed E-state index contributed by atoms with van der Waals surface area (Å²) in [6, 6.07) is 9.83. The van der Waals surface area contributed by atoms with Crippen LogP contribution in [0.4, 0.5) is 10.2 Å². The highest BCUT2D eigenvalue weighted by atomic mass is 19.1. The Morgan fingerprint density at radius 1 is 1.21 bits per heavy atom. The van der Waals surface area contributed by atoms with Crippen molar-refractivity contribution in [2.45, 2.75) is 26.8 Å². The smallest absolute Gasteiger partial charge is 0.200 e. The van der Waals surface area contributed by atoms with Crippen LogP contribution in [-0.4, -0.2) is 37.9 Å². The molecule has 0 unspecified atom stereocenters. The number of anilines is 1. The van der Waals surface area contributed by atoms with Gasteiger partial charge in [-0.3, -0.25) is 0 Å². The lowest BCUT2D eigenvalue weighted by molar-refractivity contribution is 0.212. The van der Waals surface area contributed by atoms with Gasteiger partial charge in [-0.05, 0) is 40.1 Å². The van der Waals surface area contributed by atoms with Gasteiger partial charge in [0.15, 0.2) is 17.2 Å². The maximum absolute atomic E-state index is 13.7. The topological polar surface area (TPSA) is 77.2 Å². The lowest BCUT2D eigenvalue weighted by Gasteiger charge is -2.31. The molecule has 3 aromatic rings. The third-order valence-electron chi connectivity index (χ3n) is 3.68. The lowest BCUT2D eigenvalue weighted by atomic mass is 9.87.